The van der Waals surface area contributed by atoms with Gasteiger partial charge >= 0.3 is 0 Å². The molecule has 0 aliphatic rings. The van der Waals surface area contributed by atoms with E-state index in [1.165, 1.54) is 12.1 Å². The van der Waals surface area contributed by atoms with Crippen molar-refractivity contribution in [2.75, 3.05) is 11.9 Å². The fourth-order valence-corrected chi connectivity index (χ4v) is 3.99. The van der Waals surface area contributed by atoms with Crippen LogP contribution in [0.2, 0.25) is 0 Å². The van der Waals surface area contributed by atoms with Gasteiger partial charge in [-0.2, -0.15) is 5.26 Å². The number of halogens is 2. The third-order valence-electron chi connectivity index (χ3n) is 5.33. The molecular weight excluding hydrogens is 483 g/mol. The van der Waals surface area contributed by atoms with Gasteiger partial charge in [0, 0.05) is 22.1 Å². The van der Waals surface area contributed by atoms with Gasteiger partial charge in [0.1, 0.15) is 23.2 Å². The molecule has 3 aromatic rings. The van der Waals surface area contributed by atoms with Crippen molar-refractivity contribution in [1.82, 2.24) is 0 Å². The third-order valence-corrected chi connectivity index (χ3v) is 6.04. The minimum absolute atomic E-state index is 0.0351. The quantitative estimate of drug-likeness (QED) is 0.285. The first-order chi connectivity index (χ1) is 15.8. The normalized spacial score (nSPS) is 11.1. The number of rotatable bonds is 7. The second-order valence-corrected chi connectivity index (χ2v) is 8.41. The average molecular weight is 507 g/mol. The molecule has 3 rings (SSSR count). The molecule has 0 aliphatic carbocycles. The highest BCUT2D eigenvalue weighted by atomic mass is 79.9. The van der Waals surface area contributed by atoms with Crippen LogP contribution in [0.1, 0.15) is 34.7 Å². The van der Waals surface area contributed by atoms with Crippen LogP contribution < -0.4 is 10.1 Å². The molecule has 0 saturated carbocycles. The SMILES string of the molecule is CCOc1cc(/C=C(\C#N)C(=O)Nc2cccc(C)c2C)cc(Br)c1Cc1ccccc1F. The zero-order valence-electron chi connectivity index (χ0n) is 18.7. The standard InChI is InChI=1S/C27H24BrFN2O2/c1-4-33-26-14-19(13-23(28)22(26)15-20-9-5-6-10-24(20)29)12-21(16-30)27(32)31-25-11-7-8-17(2)18(25)3/h5-14H,4,15H2,1-3H3,(H,31,32)/b21-12+. The molecule has 6 heteroatoms. The molecule has 4 nitrogen and oxygen atoms in total. The number of benzene rings is 3. The third kappa shape index (κ3) is 5.88. The molecule has 0 spiro atoms. The van der Waals surface area contributed by atoms with E-state index in [1.807, 2.05) is 39.0 Å². The van der Waals surface area contributed by atoms with Gasteiger partial charge in [-0.1, -0.05) is 46.3 Å². The summed E-state index contributed by atoms with van der Waals surface area (Å²) in [5, 5.41) is 12.4. The summed E-state index contributed by atoms with van der Waals surface area (Å²) in [6.45, 7) is 6.16. The monoisotopic (exact) mass is 506 g/mol. The van der Waals surface area contributed by atoms with Crippen LogP contribution in [0.4, 0.5) is 10.1 Å². The number of amides is 1. The van der Waals surface area contributed by atoms with Crippen LogP contribution in [0.3, 0.4) is 0 Å². The van der Waals surface area contributed by atoms with Crippen LogP contribution >= 0.6 is 15.9 Å². The molecule has 0 fully saturated rings. The summed E-state index contributed by atoms with van der Waals surface area (Å²) in [7, 11) is 0. The number of anilines is 1. The second-order valence-electron chi connectivity index (χ2n) is 7.55. The van der Waals surface area contributed by atoms with Gasteiger partial charge in [-0.05, 0) is 73.4 Å². The lowest BCUT2D eigenvalue weighted by atomic mass is 10.0. The number of carbonyl (C=O) groups is 1. The molecular formula is C27H24BrFN2O2. The van der Waals surface area contributed by atoms with E-state index in [9.17, 15) is 14.4 Å². The summed E-state index contributed by atoms with van der Waals surface area (Å²) in [6, 6.07) is 17.7. The summed E-state index contributed by atoms with van der Waals surface area (Å²) in [5.41, 5.74) is 4.58. The topological polar surface area (TPSA) is 62.1 Å². The van der Waals surface area contributed by atoms with Crippen molar-refractivity contribution in [2.45, 2.75) is 27.2 Å². The largest absolute Gasteiger partial charge is 0.494 e. The Hall–Kier alpha value is -3.43. The molecule has 1 N–H and O–H groups in total. The van der Waals surface area contributed by atoms with Crippen LogP contribution in [-0.4, -0.2) is 12.5 Å². The van der Waals surface area contributed by atoms with E-state index in [0.29, 0.717) is 40.1 Å². The Labute approximate surface area is 201 Å². The number of hydrogen-bond acceptors (Lipinski definition) is 3. The zero-order valence-corrected chi connectivity index (χ0v) is 20.3. The van der Waals surface area contributed by atoms with Crippen LogP contribution in [0.25, 0.3) is 6.08 Å². The van der Waals surface area contributed by atoms with Crippen LogP contribution in [0.5, 0.6) is 5.75 Å². The van der Waals surface area contributed by atoms with Crippen LogP contribution in [-0.2, 0) is 11.2 Å². The highest BCUT2D eigenvalue weighted by Crippen LogP contribution is 2.33. The first kappa shape index (κ1) is 24.2. The molecule has 1 amide bonds. The maximum absolute atomic E-state index is 14.2. The van der Waals surface area contributed by atoms with E-state index in [1.54, 1.807) is 36.4 Å². The van der Waals surface area contributed by atoms with Gasteiger partial charge in [-0.15, -0.1) is 0 Å². The molecule has 0 saturated heterocycles. The number of carbonyl (C=O) groups excluding carboxylic acids is 1. The van der Waals surface area contributed by atoms with Gasteiger partial charge in [0.2, 0.25) is 0 Å². The van der Waals surface area contributed by atoms with Gasteiger partial charge in [-0.25, -0.2) is 4.39 Å². The lowest BCUT2D eigenvalue weighted by Gasteiger charge is -2.14. The molecule has 0 radical (unpaired) electrons. The minimum atomic E-state index is -0.490. The fraction of sp³-hybridized carbons (Fsp3) is 0.185. The maximum Gasteiger partial charge on any atom is 0.266 e. The molecule has 0 atom stereocenters. The molecule has 33 heavy (non-hydrogen) atoms. The molecule has 0 heterocycles. The van der Waals surface area contributed by atoms with Crippen molar-refractivity contribution < 1.29 is 13.9 Å². The average Bonchev–Trinajstić information content (AvgIpc) is 2.79. The fourth-order valence-electron chi connectivity index (χ4n) is 3.39. The number of ether oxygens (including phenoxy) is 1. The molecule has 168 valence electrons. The number of nitrogens with zero attached hydrogens (tertiary/aromatic N) is 1. The van der Waals surface area contributed by atoms with E-state index >= 15 is 0 Å². The van der Waals surface area contributed by atoms with Gasteiger partial charge in [0.15, 0.2) is 0 Å². The number of hydrogen-bond donors (Lipinski definition) is 1. The first-order valence-corrected chi connectivity index (χ1v) is 11.3. The molecule has 0 aliphatic heterocycles. The number of nitrogens with one attached hydrogen (secondary N) is 1. The predicted molar refractivity (Wildman–Crippen MR) is 133 cm³/mol. The number of nitriles is 1. The zero-order chi connectivity index (χ0) is 24.0. The van der Waals surface area contributed by atoms with E-state index < -0.39 is 5.91 Å². The minimum Gasteiger partial charge on any atom is -0.494 e. The highest BCUT2D eigenvalue weighted by molar-refractivity contribution is 9.10. The van der Waals surface area contributed by atoms with E-state index in [4.69, 9.17) is 4.74 Å². The summed E-state index contributed by atoms with van der Waals surface area (Å²) in [5.74, 6) is -0.213. The maximum atomic E-state index is 14.2. The summed E-state index contributed by atoms with van der Waals surface area (Å²) >= 11 is 3.56. The van der Waals surface area contributed by atoms with Crippen molar-refractivity contribution in [3.63, 3.8) is 0 Å². The van der Waals surface area contributed by atoms with E-state index in [0.717, 1.165) is 16.7 Å². The van der Waals surface area contributed by atoms with Crippen molar-refractivity contribution in [2.24, 2.45) is 0 Å². The smallest absolute Gasteiger partial charge is 0.266 e. The summed E-state index contributed by atoms with van der Waals surface area (Å²) in [6.07, 6.45) is 1.85. The second kappa shape index (κ2) is 10.9. The van der Waals surface area contributed by atoms with Gasteiger partial charge in [-0.3, -0.25) is 4.79 Å². The Morgan fingerprint density at radius 2 is 1.94 bits per heavy atom. The van der Waals surface area contributed by atoms with Gasteiger partial charge in [0.25, 0.3) is 5.91 Å². The number of aryl methyl sites for hydroxylation is 1. The molecule has 0 unspecified atom stereocenters. The van der Waals surface area contributed by atoms with E-state index in [-0.39, 0.29) is 11.4 Å². The summed E-state index contributed by atoms with van der Waals surface area (Å²) < 4.78 is 20.7. The molecule has 3 aromatic carbocycles. The lowest BCUT2D eigenvalue weighted by molar-refractivity contribution is -0.112. The first-order valence-electron chi connectivity index (χ1n) is 10.5. The van der Waals surface area contributed by atoms with Crippen LogP contribution in [0, 0.1) is 31.0 Å². The lowest BCUT2D eigenvalue weighted by Crippen LogP contribution is -2.14. The molecule has 0 aromatic heterocycles. The van der Waals surface area contributed by atoms with Gasteiger partial charge < -0.3 is 10.1 Å². The predicted octanol–water partition coefficient (Wildman–Crippen LogP) is 6.74. The van der Waals surface area contributed by atoms with Crippen molar-refractivity contribution in [1.29, 1.82) is 5.26 Å². The molecule has 0 bridgehead atoms. The Kier molecular flexibility index (Phi) is 8.02. The highest BCUT2D eigenvalue weighted by Gasteiger charge is 2.16. The Morgan fingerprint density at radius 1 is 1.18 bits per heavy atom. The van der Waals surface area contributed by atoms with E-state index in [2.05, 4.69) is 21.2 Å². The van der Waals surface area contributed by atoms with Crippen molar-refractivity contribution in [3.8, 4) is 11.8 Å². The van der Waals surface area contributed by atoms with Crippen LogP contribution in [0.15, 0.2) is 64.6 Å². The Balaban J connectivity index is 1.94. The Bertz CT molecular complexity index is 1260. The van der Waals surface area contributed by atoms with Crippen molar-refractivity contribution >= 4 is 33.6 Å². The van der Waals surface area contributed by atoms with Crippen molar-refractivity contribution in [3.05, 3.63) is 98.3 Å². The van der Waals surface area contributed by atoms with Gasteiger partial charge in [0.05, 0.1) is 6.61 Å². The summed E-state index contributed by atoms with van der Waals surface area (Å²) in [4.78, 5) is 12.8. The Morgan fingerprint density at radius 3 is 2.64 bits per heavy atom.